The minimum atomic E-state index is -2.91. The lowest BCUT2D eigenvalue weighted by Crippen LogP contribution is -2.33. The number of halogens is 2. The molecule has 0 aliphatic carbocycles. The third kappa shape index (κ3) is 7.57. The number of benzene rings is 2. The van der Waals surface area contributed by atoms with Crippen LogP contribution in [0.1, 0.15) is 24.1 Å². The van der Waals surface area contributed by atoms with Gasteiger partial charge in [0.25, 0.3) is 5.91 Å². The summed E-state index contributed by atoms with van der Waals surface area (Å²) in [5.74, 6) is -1.12. The molecule has 0 heterocycles. The summed E-state index contributed by atoms with van der Waals surface area (Å²) in [6.45, 7) is -1.56. The van der Waals surface area contributed by atoms with Crippen LogP contribution < -0.4 is 10.1 Å². The zero-order valence-electron chi connectivity index (χ0n) is 15.8. The molecule has 2 rings (SSSR count). The third-order valence-electron chi connectivity index (χ3n) is 3.76. The van der Waals surface area contributed by atoms with Crippen LogP contribution in [0, 0.1) is 0 Å². The lowest BCUT2D eigenvalue weighted by atomic mass is 9.98. The van der Waals surface area contributed by atoms with Gasteiger partial charge in [0.1, 0.15) is 5.75 Å². The van der Waals surface area contributed by atoms with Gasteiger partial charge in [-0.05, 0) is 30.2 Å². The molecule has 1 N–H and O–H groups in total. The molecular weight excluding hydrogens is 380 g/mol. The Labute approximate surface area is 167 Å². The van der Waals surface area contributed by atoms with Crippen molar-refractivity contribution in [2.24, 2.45) is 0 Å². The monoisotopic (exact) mass is 401 g/mol. The Morgan fingerprint density at radius 2 is 1.66 bits per heavy atom. The van der Waals surface area contributed by atoms with Crippen LogP contribution in [0.5, 0.6) is 5.75 Å². The first kappa shape index (κ1) is 21.8. The van der Waals surface area contributed by atoms with Crippen molar-refractivity contribution in [3.8, 4) is 5.75 Å². The highest BCUT2D eigenvalue weighted by atomic mass is 19.3. The minimum Gasteiger partial charge on any atom is -0.452 e. The van der Waals surface area contributed by atoms with E-state index in [9.17, 15) is 18.4 Å². The molecule has 0 spiro atoms. The maximum absolute atomic E-state index is 12.3. The van der Waals surface area contributed by atoms with E-state index in [1.165, 1.54) is 24.3 Å². The Bertz CT molecular complexity index is 849. The van der Waals surface area contributed by atoms with E-state index in [0.717, 1.165) is 5.56 Å². The van der Waals surface area contributed by atoms with Gasteiger partial charge in [0.15, 0.2) is 6.61 Å². The predicted octanol–water partition coefficient (Wildman–Crippen LogP) is 4.17. The van der Waals surface area contributed by atoms with Crippen molar-refractivity contribution in [2.75, 3.05) is 6.61 Å². The van der Waals surface area contributed by atoms with Crippen LogP contribution in [0.4, 0.5) is 8.78 Å². The number of allylic oxidation sites excluding steroid dienone is 3. The molecule has 1 amide bonds. The molecule has 0 aliphatic rings. The SMILES string of the molecule is C/C=C/C=C/C(=O)OCC(=O)N[C@H](c1ccccc1)c1ccc(OC(F)F)cc1. The maximum Gasteiger partial charge on any atom is 0.387 e. The largest absolute Gasteiger partial charge is 0.452 e. The van der Waals surface area contributed by atoms with Gasteiger partial charge in [-0.2, -0.15) is 8.78 Å². The van der Waals surface area contributed by atoms with Gasteiger partial charge in [0.05, 0.1) is 6.04 Å². The number of nitrogens with one attached hydrogen (secondary N) is 1. The van der Waals surface area contributed by atoms with E-state index in [1.54, 1.807) is 31.2 Å². The molecule has 29 heavy (non-hydrogen) atoms. The Balaban J connectivity index is 2.09. The van der Waals surface area contributed by atoms with Gasteiger partial charge in [0, 0.05) is 6.08 Å². The topological polar surface area (TPSA) is 64.6 Å². The van der Waals surface area contributed by atoms with Gasteiger partial charge in [-0.25, -0.2) is 4.79 Å². The van der Waals surface area contributed by atoms with E-state index in [1.807, 2.05) is 30.3 Å². The number of amides is 1. The molecule has 0 radical (unpaired) electrons. The molecule has 0 aromatic heterocycles. The van der Waals surface area contributed by atoms with E-state index in [0.29, 0.717) is 5.56 Å². The Hall–Kier alpha value is -3.48. The summed E-state index contributed by atoms with van der Waals surface area (Å²) in [7, 11) is 0. The lowest BCUT2D eigenvalue weighted by molar-refractivity contribution is -0.144. The van der Waals surface area contributed by atoms with Crippen molar-refractivity contribution in [1.82, 2.24) is 5.32 Å². The van der Waals surface area contributed by atoms with Crippen LogP contribution in [-0.2, 0) is 14.3 Å². The molecule has 0 saturated carbocycles. The normalized spacial score (nSPS) is 12.3. The van der Waals surface area contributed by atoms with Crippen LogP contribution in [0.25, 0.3) is 0 Å². The molecule has 2 aromatic carbocycles. The second-order valence-electron chi connectivity index (χ2n) is 5.85. The van der Waals surface area contributed by atoms with Gasteiger partial charge >= 0.3 is 12.6 Å². The summed E-state index contributed by atoms with van der Waals surface area (Å²) in [6, 6.07) is 14.5. The average molecular weight is 401 g/mol. The highest BCUT2D eigenvalue weighted by molar-refractivity contribution is 5.86. The van der Waals surface area contributed by atoms with Gasteiger partial charge in [-0.1, -0.05) is 60.7 Å². The quantitative estimate of drug-likeness (QED) is 0.389. The van der Waals surface area contributed by atoms with Gasteiger partial charge in [-0.3, -0.25) is 4.79 Å². The second kappa shape index (κ2) is 11.4. The molecule has 0 unspecified atom stereocenters. The van der Waals surface area contributed by atoms with Gasteiger partial charge in [-0.15, -0.1) is 0 Å². The smallest absolute Gasteiger partial charge is 0.387 e. The number of esters is 1. The summed E-state index contributed by atoms with van der Waals surface area (Å²) in [5, 5.41) is 2.79. The molecule has 0 fully saturated rings. The Morgan fingerprint density at radius 3 is 2.28 bits per heavy atom. The number of hydrogen-bond donors (Lipinski definition) is 1. The average Bonchev–Trinajstić information content (AvgIpc) is 2.72. The summed E-state index contributed by atoms with van der Waals surface area (Å²) in [6.07, 6.45) is 6.13. The first-order valence-corrected chi connectivity index (χ1v) is 8.84. The summed E-state index contributed by atoms with van der Waals surface area (Å²) < 4.78 is 33.9. The first-order valence-electron chi connectivity index (χ1n) is 8.84. The number of ether oxygens (including phenoxy) is 2. The van der Waals surface area contributed by atoms with E-state index in [-0.39, 0.29) is 5.75 Å². The molecular formula is C22H21F2NO4. The first-order chi connectivity index (χ1) is 14.0. The van der Waals surface area contributed by atoms with Crippen LogP contribution in [0.2, 0.25) is 0 Å². The van der Waals surface area contributed by atoms with Crippen LogP contribution in [0.15, 0.2) is 78.9 Å². The highest BCUT2D eigenvalue weighted by Crippen LogP contribution is 2.24. The molecule has 1 atom stereocenters. The number of alkyl halides is 2. The zero-order valence-corrected chi connectivity index (χ0v) is 15.8. The Morgan fingerprint density at radius 1 is 1.00 bits per heavy atom. The van der Waals surface area contributed by atoms with Crippen molar-refractivity contribution in [2.45, 2.75) is 19.6 Å². The number of carbonyl (C=O) groups is 2. The van der Waals surface area contributed by atoms with Crippen molar-refractivity contribution in [3.05, 3.63) is 90.0 Å². The maximum atomic E-state index is 12.3. The van der Waals surface area contributed by atoms with E-state index in [2.05, 4.69) is 10.1 Å². The zero-order chi connectivity index (χ0) is 21.1. The van der Waals surface area contributed by atoms with Crippen molar-refractivity contribution in [3.63, 3.8) is 0 Å². The molecule has 0 aliphatic heterocycles. The van der Waals surface area contributed by atoms with Crippen LogP contribution in [0.3, 0.4) is 0 Å². The van der Waals surface area contributed by atoms with Gasteiger partial charge < -0.3 is 14.8 Å². The summed E-state index contributed by atoms with van der Waals surface area (Å²) in [5.41, 5.74) is 1.44. The number of hydrogen-bond acceptors (Lipinski definition) is 4. The van der Waals surface area contributed by atoms with E-state index >= 15 is 0 Å². The van der Waals surface area contributed by atoms with Crippen molar-refractivity contribution >= 4 is 11.9 Å². The summed E-state index contributed by atoms with van der Waals surface area (Å²) in [4.78, 5) is 23.9. The number of rotatable bonds is 9. The highest BCUT2D eigenvalue weighted by Gasteiger charge is 2.18. The van der Waals surface area contributed by atoms with E-state index in [4.69, 9.17) is 4.74 Å². The second-order valence-corrected chi connectivity index (χ2v) is 5.85. The third-order valence-corrected chi connectivity index (χ3v) is 3.76. The van der Waals surface area contributed by atoms with Crippen LogP contribution >= 0.6 is 0 Å². The Kier molecular flexibility index (Phi) is 8.56. The fourth-order valence-electron chi connectivity index (χ4n) is 2.48. The fraction of sp³-hybridized carbons (Fsp3) is 0.182. The molecule has 152 valence electrons. The fourth-order valence-corrected chi connectivity index (χ4v) is 2.48. The predicted molar refractivity (Wildman–Crippen MR) is 104 cm³/mol. The molecule has 0 saturated heterocycles. The van der Waals surface area contributed by atoms with Gasteiger partial charge in [0.2, 0.25) is 0 Å². The van der Waals surface area contributed by atoms with Crippen LogP contribution in [-0.4, -0.2) is 25.1 Å². The summed E-state index contributed by atoms with van der Waals surface area (Å²) >= 11 is 0. The molecule has 2 aromatic rings. The van der Waals surface area contributed by atoms with Crippen molar-refractivity contribution in [1.29, 1.82) is 0 Å². The minimum absolute atomic E-state index is 0.0173. The molecule has 7 heteroatoms. The molecule has 0 bridgehead atoms. The molecule has 5 nitrogen and oxygen atoms in total. The number of carbonyl (C=O) groups excluding carboxylic acids is 2. The van der Waals surface area contributed by atoms with Crippen molar-refractivity contribution < 1.29 is 27.8 Å². The lowest BCUT2D eigenvalue weighted by Gasteiger charge is -2.20. The standard InChI is InChI=1S/C22H21F2NO4/c1-2-3-5-10-20(27)28-15-19(26)25-21(16-8-6-4-7-9-16)17-11-13-18(14-12-17)29-22(23)24/h2-14,21-22H,15H2,1H3,(H,25,26)/b3-2+,10-5+/t21-/m1/s1. The van der Waals surface area contributed by atoms with E-state index < -0.39 is 31.1 Å².